The SMILES string of the molecule is c1ccc2cc3c(cc2c1)c1c2ccccc2ccc1n3-c1cc(C2=NC(n3c4ccccc4c4ccccc43)=NC(c3cccc4c3oc3ccccc34)N2)c2c(c1)oc1ccccc12. The van der Waals surface area contributed by atoms with Crippen molar-refractivity contribution in [2.45, 2.75) is 6.17 Å². The number of aromatic nitrogens is 2. The van der Waals surface area contributed by atoms with Crippen molar-refractivity contribution in [1.29, 1.82) is 0 Å². The maximum Gasteiger partial charge on any atom is 0.234 e. The molecule has 15 rings (SSSR count). The Kier molecular flexibility index (Phi) is 7.15. The summed E-state index contributed by atoms with van der Waals surface area (Å²) >= 11 is 0. The first-order valence-electron chi connectivity index (χ1n) is 22.3. The third-order valence-corrected chi connectivity index (χ3v) is 13.7. The van der Waals surface area contributed by atoms with E-state index in [1.165, 1.54) is 32.3 Å². The van der Waals surface area contributed by atoms with Crippen molar-refractivity contribution in [2.75, 3.05) is 0 Å². The first-order valence-corrected chi connectivity index (χ1v) is 22.3. The molecular formula is C59H35N5O2. The summed E-state index contributed by atoms with van der Waals surface area (Å²) < 4.78 is 18.2. The van der Waals surface area contributed by atoms with Crippen molar-refractivity contribution in [2.24, 2.45) is 9.98 Å². The molecule has 0 radical (unpaired) electrons. The van der Waals surface area contributed by atoms with Gasteiger partial charge in [0.25, 0.3) is 0 Å². The summed E-state index contributed by atoms with van der Waals surface area (Å²) in [5.74, 6) is 1.25. The maximum atomic E-state index is 6.86. The van der Waals surface area contributed by atoms with E-state index in [1.807, 2.05) is 24.3 Å². The van der Waals surface area contributed by atoms with Gasteiger partial charge < -0.3 is 18.7 Å². The molecule has 5 heterocycles. The van der Waals surface area contributed by atoms with Gasteiger partial charge in [-0.3, -0.25) is 4.57 Å². The minimum Gasteiger partial charge on any atom is -0.456 e. The number of amidine groups is 1. The number of hydrogen-bond donors (Lipinski definition) is 1. The zero-order chi connectivity index (χ0) is 43.0. The van der Waals surface area contributed by atoms with Crippen LogP contribution in [0.5, 0.6) is 0 Å². The van der Waals surface area contributed by atoms with Gasteiger partial charge in [0.05, 0.1) is 27.8 Å². The number of hydrogen-bond acceptors (Lipinski definition) is 5. The van der Waals surface area contributed by atoms with Crippen molar-refractivity contribution >= 4 is 121 Å². The summed E-state index contributed by atoms with van der Waals surface area (Å²) in [6.07, 6.45) is -0.570. The molecule has 0 fully saturated rings. The molecule has 10 aromatic carbocycles. The quantitative estimate of drug-likeness (QED) is 0.192. The normalized spacial score (nSPS) is 14.5. The van der Waals surface area contributed by atoms with Gasteiger partial charge in [0.15, 0.2) is 6.17 Å². The Labute approximate surface area is 375 Å². The molecule has 308 valence electrons. The fourth-order valence-electron chi connectivity index (χ4n) is 10.9. The topological polar surface area (TPSA) is 72.9 Å². The van der Waals surface area contributed by atoms with E-state index in [2.05, 4.69) is 190 Å². The van der Waals surface area contributed by atoms with Gasteiger partial charge in [-0.05, 0) is 70.1 Å². The minimum absolute atomic E-state index is 0.570. The smallest absolute Gasteiger partial charge is 0.234 e. The highest BCUT2D eigenvalue weighted by molar-refractivity contribution is 6.25. The van der Waals surface area contributed by atoms with Gasteiger partial charge in [0, 0.05) is 60.3 Å². The molecule has 1 unspecified atom stereocenters. The number of fused-ring (bicyclic) bond motifs is 15. The van der Waals surface area contributed by atoms with Gasteiger partial charge in [-0.25, -0.2) is 4.99 Å². The Morgan fingerprint density at radius 3 is 1.83 bits per heavy atom. The predicted octanol–water partition coefficient (Wildman–Crippen LogP) is 14.9. The Hall–Kier alpha value is -8.94. The van der Waals surface area contributed by atoms with E-state index in [1.54, 1.807) is 0 Å². The van der Waals surface area contributed by atoms with E-state index in [4.69, 9.17) is 18.8 Å². The third kappa shape index (κ3) is 4.96. The molecule has 1 aliphatic heterocycles. The van der Waals surface area contributed by atoms with E-state index in [0.717, 1.165) is 93.5 Å². The highest BCUT2D eigenvalue weighted by Crippen LogP contribution is 2.42. The van der Waals surface area contributed by atoms with Gasteiger partial charge in [0.1, 0.15) is 28.2 Å². The Morgan fingerprint density at radius 2 is 1.05 bits per heavy atom. The van der Waals surface area contributed by atoms with Crippen LogP contribution in [-0.2, 0) is 0 Å². The lowest BCUT2D eigenvalue weighted by Crippen LogP contribution is -2.35. The van der Waals surface area contributed by atoms with Crippen LogP contribution in [0.3, 0.4) is 0 Å². The summed E-state index contributed by atoms with van der Waals surface area (Å²) in [4.78, 5) is 11.1. The van der Waals surface area contributed by atoms with Gasteiger partial charge in [-0.1, -0.05) is 146 Å². The third-order valence-electron chi connectivity index (χ3n) is 13.7. The van der Waals surface area contributed by atoms with Crippen LogP contribution in [0.15, 0.2) is 219 Å². The van der Waals surface area contributed by atoms with E-state index in [-0.39, 0.29) is 0 Å². The second kappa shape index (κ2) is 13.3. The van der Waals surface area contributed by atoms with Crippen molar-refractivity contribution in [3.63, 3.8) is 0 Å². The number of para-hydroxylation sites is 5. The van der Waals surface area contributed by atoms with Crippen LogP contribution in [0.4, 0.5) is 0 Å². The van der Waals surface area contributed by atoms with Crippen LogP contribution in [0.25, 0.3) is 115 Å². The zero-order valence-electron chi connectivity index (χ0n) is 35.2. The number of nitrogens with zero attached hydrogens (tertiary/aromatic N) is 4. The van der Waals surface area contributed by atoms with Crippen molar-refractivity contribution in [3.8, 4) is 5.69 Å². The van der Waals surface area contributed by atoms with Gasteiger partial charge in [-0.2, -0.15) is 4.99 Å². The molecule has 7 nitrogen and oxygen atoms in total. The largest absolute Gasteiger partial charge is 0.456 e. The van der Waals surface area contributed by atoms with Gasteiger partial charge >= 0.3 is 0 Å². The molecule has 7 heteroatoms. The summed E-state index contributed by atoms with van der Waals surface area (Å²) in [6, 6.07) is 70.8. The van der Waals surface area contributed by atoms with Crippen LogP contribution >= 0.6 is 0 Å². The van der Waals surface area contributed by atoms with E-state index in [0.29, 0.717) is 11.8 Å². The number of rotatable bonds is 3. The molecule has 4 aromatic heterocycles. The standard InChI is InChI=1S/C59H35N5O2/c1-2-16-36-31-50-45(30-35(36)15-1)54-38-17-4-3-14-34(38)28-29-49(54)63(50)37-32-46(55-43-21-8-12-27-52(43)65-53(55)33-37)58-60-57(44-23-13-22-42-41-20-7-11-26-51(41)66-56(42)44)61-59(62-58)64-47-24-9-5-18-39(47)40-19-6-10-25-48(40)64/h1-33,57H,(H,60,61,62). The lowest BCUT2D eigenvalue weighted by Gasteiger charge is -2.25. The Bertz CT molecular complexity index is 4410. The highest BCUT2D eigenvalue weighted by atomic mass is 16.3. The minimum atomic E-state index is -0.570. The first-order chi connectivity index (χ1) is 32.7. The van der Waals surface area contributed by atoms with Gasteiger partial charge in [0.2, 0.25) is 5.96 Å². The molecule has 14 aromatic rings. The molecule has 1 N–H and O–H groups in total. The number of benzene rings is 10. The summed E-state index contributed by atoms with van der Waals surface area (Å²) in [5.41, 5.74) is 10.3. The second-order valence-electron chi connectivity index (χ2n) is 17.3. The van der Waals surface area contributed by atoms with Crippen LogP contribution in [-0.4, -0.2) is 20.9 Å². The molecular weight excluding hydrogens is 811 g/mol. The molecule has 1 aliphatic rings. The molecule has 1 atom stereocenters. The Morgan fingerprint density at radius 1 is 0.409 bits per heavy atom. The number of furan rings is 2. The van der Waals surface area contributed by atoms with Crippen LogP contribution in [0.1, 0.15) is 17.3 Å². The lowest BCUT2D eigenvalue weighted by atomic mass is 10.0. The average Bonchev–Trinajstić information content (AvgIpc) is 4.13. The molecule has 0 bridgehead atoms. The number of aliphatic imine (C=N–C) groups is 2. The monoisotopic (exact) mass is 845 g/mol. The fourth-order valence-corrected chi connectivity index (χ4v) is 10.9. The van der Waals surface area contributed by atoms with E-state index in [9.17, 15) is 0 Å². The predicted molar refractivity (Wildman–Crippen MR) is 271 cm³/mol. The Balaban J connectivity index is 1.04. The summed E-state index contributed by atoms with van der Waals surface area (Å²) in [5, 5.41) is 17.5. The second-order valence-corrected chi connectivity index (χ2v) is 17.3. The number of nitrogens with one attached hydrogen (secondary N) is 1. The van der Waals surface area contributed by atoms with Crippen molar-refractivity contribution < 1.29 is 8.83 Å². The lowest BCUT2D eigenvalue weighted by molar-refractivity contribution is 0.626. The first kappa shape index (κ1) is 35.5. The summed E-state index contributed by atoms with van der Waals surface area (Å²) in [7, 11) is 0. The van der Waals surface area contributed by atoms with Crippen molar-refractivity contribution in [1.82, 2.24) is 14.5 Å². The van der Waals surface area contributed by atoms with E-state index < -0.39 is 6.17 Å². The molecule has 0 amide bonds. The molecule has 66 heavy (non-hydrogen) atoms. The molecule has 0 saturated carbocycles. The maximum absolute atomic E-state index is 6.86. The van der Waals surface area contributed by atoms with Crippen molar-refractivity contribution in [3.05, 3.63) is 211 Å². The molecule has 0 spiro atoms. The summed E-state index contributed by atoms with van der Waals surface area (Å²) in [6.45, 7) is 0. The fraction of sp³-hybridized carbons (Fsp3) is 0.0169. The van der Waals surface area contributed by atoms with Crippen LogP contribution in [0.2, 0.25) is 0 Å². The molecule has 0 aliphatic carbocycles. The van der Waals surface area contributed by atoms with Gasteiger partial charge in [-0.15, -0.1) is 0 Å². The zero-order valence-corrected chi connectivity index (χ0v) is 35.2. The average molecular weight is 846 g/mol. The highest BCUT2D eigenvalue weighted by Gasteiger charge is 2.29. The van der Waals surface area contributed by atoms with Crippen LogP contribution in [0, 0.1) is 0 Å². The molecule has 0 saturated heterocycles. The van der Waals surface area contributed by atoms with E-state index >= 15 is 0 Å². The van der Waals surface area contributed by atoms with Crippen LogP contribution < -0.4 is 5.32 Å².